The quantitative estimate of drug-likeness (QED) is 0.838. The van der Waals surface area contributed by atoms with E-state index in [1.54, 1.807) is 11.3 Å². The van der Waals surface area contributed by atoms with Gasteiger partial charge in [-0.2, -0.15) is 0 Å². The second kappa shape index (κ2) is 6.21. The number of esters is 1. The van der Waals surface area contributed by atoms with Crippen molar-refractivity contribution < 1.29 is 9.53 Å². The molecule has 2 aromatic rings. The number of benzene rings is 1. The van der Waals surface area contributed by atoms with Gasteiger partial charge in [0.25, 0.3) is 0 Å². The monoisotopic (exact) mass is 261 g/mol. The highest BCUT2D eigenvalue weighted by atomic mass is 32.1. The van der Waals surface area contributed by atoms with Crippen LogP contribution in [0.2, 0.25) is 0 Å². The van der Waals surface area contributed by atoms with Crippen molar-refractivity contribution in [2.24, 2.45) is 0 Å². The minimum atomic E-state index is -0.438. The van der Waals surface area contributed by atoms with E-state index in [1.807, 2.05) is 54.8 Å². The molecule has 0 spiro atoms. The second-order valence-corrected chi connectivity index (χ2v) is 4.69. The minimum absolute atomic E-state index is 0.246. The van der Waals surface area contributed by atoms with Gasteiger partial charge >= 0.3 is 5.97 Å². The lowest BCUT2D eigenvalue weighted by Crippen LogP contribution is -2.22. The van der Waals surface area contributed by atoms with Gasteiger partial charge in [0.2, 0.25) is 0 Å². The van der Waals surface area contributed by atoms with Gasteiger partial charge in [0.15, 0.2) is 6.04 Å². The summed E-state index contributed by atoms with van der Waals surface area (Å²) in [5.74, 6) is -0.246. The van der Waals surface area contributed by atoms with Crippen LogP contribution < -0.4 is 5.32 Å². The summed E-state index contributed by atoms with van der Waals surface area (Å²) in [6, 6.07) is 13.1. The number of para-hydroxylation sites is 1. The zero-order chi connectivity index (χ0) is 12.8. The van der Waals surface area contributed by atoms with Gasteiger partial charge in [0, 0.05) is 10.6 Å². The molecule has 0 radical (unpaired) electrons. The number of thiophene rings is 1. The largest absolute Gasteiger partial charge is 0.464 e. The van der Waals surface area contributed by atoms with Crippen molar-refractivity contribution in [3.05, 3.63) is 52.7 Å². The molecule has 0 saturated carbocycles. The summed E-state index contributed by atoms with van der Waals surface area (Å²) in [5, 5.41) is 5.15. The Labute approximate surface area is 110 Å². The van der Waals surface area contributed by atoms with Crippen molar-refractivity contribution >= 4 is 23.0 Å². The van der Waals surface area contributed by atoms with E-state index in [4.69, 9.17) is 4.74 Å². The third-order valence-electron chi connectivity index (χ3n) is 2.43. The van der Waals surface area contributed by atoms with Crippen LogP contribution >= 0.6 is 11.3 Å². The molecule has 2 rings (SSSR count). The summed E-state index contributed by atoms with van der Waals surface area (Å²) in [4.78, 5) is 12.9. The van der Waals surface area contributed by atoms with Crippen molar-refractivity contribution in [3.8, 4) is 0 Å². The molecular weight excluding hydrogens is 246 g/mol. The lowest BCUT2D eigenvalue weighted by Gasteiger charge is -2.17. The van der Waals surface area contributed by atoms with Gasteiger partial charge in [0.05, 0.1) is 6.61 Å². The summed E-state index contributed by atoms with van der Waals surface area (Å²) in [5.41, 5.74) is 0.906. The van der Waals surface area contributed by atoms with E-state index in [0.717, 1.165) is 10.6 Å². The first-order valence-corrected chi connectivity index (χ1v) is 6.71. The molecule has 1 heterocycles. The molecule has 0 bridgehead atoms. The summed E-state index contributed by atoms with van der Waals surface area (Å²) in [7, 11) is 0. The highest BCUT2D eigenvalue weighted by Gasteiger charge is 2.22. The Kier molecular flexibility index (Phi) is 4.36. The maximum Gasteiger partial charge on any atom is 0.334 e. The standard InChI is InChI=1S/C14H15NO2S/c1-2-17-14(16)13(12-9-6-10-18-12)15-11-7-4-3-5-8-11/h3-10,13,15H,2H2,1H3. The fourth-order valence-corrected chi connectivity index (χ4v) is 2.39. The highest BCUT2D eigenvalue weighted by molar-refractivity contribution is 7.10. The number of ether oxygens (including phenoxy) is 1. The van der Waals surface area contributed by atoms with Crippen LogP contribution in [0.15, 0.2) is 47.8 Å². The molecule has 0 aliphatic carbocycles. The molecule has 0 aliphatic rings. The first-order valence-electron chi connectivity index (χ1n) is 5.83. The zero-order valence-electron chi connectivity index (χ0n) is 10.1. The molecule has 1 aromatic carbocycles. The average molecular weight is 261 g/mol. The normalized spacial score (nSPS) is 11.8. The Morgan fingerprint density at radius 3 is 2.67 bits per heavy atom. The van der Waals surface area contributed by atoms with Crippen molar-refractivity contribution in [2.75, 3.05) is 11.9 Å². The third-order valence-corrected chi connectivity index (χ3v) is 3.37. The lowest BCUT2D eigenvalue weighted by molar-refractivity contribution is -0.144. The van der Waals surface area contributed by atoms with Crippen LogP contribution in [-0.2, 0) is 9.53 Å². The van der Waals surface area contributed by atoms with Gasteiger partial charge in [-0.25, -0.2) is 4.79 Å². The number of rotatable bonds is 5. The van der Waals surface area contributed by atoms with Gasteiger partial charge < -0.3 is 10.1 Å². The lowest BCUT2D eigenvalue weighted by atomic mass is 10.2. The topological polar surface area (TPSA) is 38.3 Å². The first kappa shape index (κ1) is 12.6. The van der Waals surface area contributed by atoms with Crippen molar-refractivity contribution in [3.63, 3.8) is 0 Å². The van der Waals surface area contributed by atoms with Crippen LogP contribution in [0.5, 0.6) is 0 Å². The van der Waals surface area contributed by atoms with Gasteiger partial charge in [-0.1, -0.05) is 24.3 Å². The average Bonchev–Trinajstić information content (AvgIpc) is 2.91. The van der Waals surface area contributed by atoms with E-state index < -0.39 is 6.04 Å². The minimum Gasteiger partial charge on any atom is -0.464 e. The van der Waals surface area contributed by atoms with Gasteiger partial charge in [-0.3, -0.25) is 0 Å². The molecule has 3 nitrogen and oxygen atoms in total. The number of hydrogen-bond acceptors (Lipinski definition) is 4. The molecule has 0 saturated heterocycles. The molecule has 18 heavy (non-hydrogen) atoms. The first-order chi connectivity index (χ1) is 8.81. The molecule has 1 atom stereocenters. The maximum atomic E-state index is 12.0. The zero-order valence-corrected chi connectivity index (χ0v) is 10.9. The Balaban J connectivity index is 2.18. The van der Waals surface area contributed by atoms with E-state index >= 15 is 0 Å². The predicted octanol–water partition coefficient (Wildman–Crippen LogP) is 3.46. The second-order valence-electron chi connectivity index (χ2n) is 3.71. The van der Waals surface area contributed by atoms with Crippen LogP contribution in [-0.4, -0.2) is 12.6 Å². The highest BCUT2D eigenvalue weighted by Crippen LogP contribution is 2.24. The van der Waals surface area contributed by atoms with Gasteiger partial charge in [-0.05, 0) is 30.5 Å². The van der Waals surface area contributed by atoms with Crippen molar-refractivity contribution in [1.82, 2.24) is 0 Å². The van der Waals surface area contributed by atoms with Crippen molar-refractivity contribution in [2.45, 2.75) is 13.0 Å². The summed E-state index contributed by atoms with van der Waals surface area (Å²) >= 11 is 1.54. The van der Waals surface area contributed by atoms with Crippen LogP contribution in [0.4, 0.5) is 5.69 Å². The van der Waals surface area contributed by atoms with E-state index in [0.29, 0.717) is 6.61 Å². The summed E-state index contributed by atoms with van der Waals surface area (Å²) < 4.78 is 5.11. The molecule has 1 N–H and O–H groups in total. The fraction of sp³-hybridized carbons (Fsp3) is 0.214. The number of hydrogen-bond donors (Lipinski definition) is 1. The van der Waals surface area contributed by atoms with Crippen LogP contribution in [0, 0.1) is 0 Å². The number of carbonyl (C=O) groups excluding carboxylic acids is 1. The number of nitrogens with one attached hydrogen (secondary N) is 1. The summed E-state index contributed by atoms with van der Waals surface area (Å²) in [6.07, 6.45) is 0. The van der Waals surface area contributed by atoms with Crippen LogP contribution in [0.25, 0.3) is 0 Å². The smallest absolute Gasteiger partial charge is 0.334 e. The Morgan fingerprint density at radius 1 is 1.28 bits per heavy atom. The number of anilines is 1. The molecule has 1 aromatic heterocycles. The van der Waals surface area contributed by atoms with E-state index in [-0.39, 0.29) is 5.97 Å². The molecule has 0 amide bonds. The maximum absolute atomic E-state index is 12.0. The molecule has 0 aliphatic heterocycles. The van der Waals surface area contributed by atoms with Gasteiger partial charge in [-0.15, -0.1) is 11.3 Å². The number of carbonyl (C=O) groups is 1. The van der Waals surface area contributed by atoms with Crippen molar-refractivity contribution in [1.29, 1.82) is 0 Å². The predicted molar refractivity (Wildman–Crippen MR) is 73.8 cm³/mol. The molecule has 94 valence electrons. The molecule has 1 unspecified atom stereocenters. The summed E-state index contributed by atoms with van der Waals surface area (Å²) in [6.45, 7) is 2.20. The molecule has 0 fully saturated rings. The third kappa shape index (κ3) is 3.11. The Morgan fingerprint density at radius 2 is 2.06 bits per heavy atom. The fourth-order valence-electron chi connectivity index (χ4n) is 1.63. The van der Waals surface area contributed by atoms with Crippen LogP contribution in [0.1, 0.15) is 17.8 Å². The van der Waals surface area contributed by atoms with Crippen LogP contribution in [0.3, 0.4) is 0 Å². The van der Waals surface area contributed by atoms with E-state index in [2.05, 4.69) is 5.32 Å². The molecular formula is C14H15NO2S. The van der Waals surface area contributed by atoms with E-state index in [1.165, 1.54) is 0 Å². The Hall–Kier alpha value is -1.81. The van der Waals surface area contributed by atoms with E-state index in [9.17, 15) is 4.79 Å². The Bertz CT molecular complexity index is 482. The SMILES string of the molecule is CCOC(=O)C(Nc1ccccc1)c1cccs1. The van der Waals surface area contributed by atoms with Gasteiger partial charge in [0.1, 0.15) is 0 Å². The molecule has 4 heteroatoms.